The van der Waals surface area contributed by atoms with Gasteiger partial charge >= 0.3 is 5.97 Å². The number of aliphatic carboxylic acids is 1. The number of nitrogens with zero attached hydrogens (tertiary/aromatic N) is 2. The Hall–Kier alpha value is -1.14. The van der Waals surface area contributed by atoms with Crippen LogP contribution >= 0.6 is 0 Å². The van der Waals surface area contributed by atoms with E-state index in [1.54, 1.807) is 9.80 Å². The molecular formula is C13H24N2O4. The molecule has 0 aromatic carbocycles. The van der Waals surface area contributed by atoms with Crippen LogP contribution in [0.25, 0.3) is 0 Å². The van der Waals surface area contributed by atoms with Crippen LogP contribution in [0.3, 0.4) is 0 Å². The number of hydrogen-bond donors (Lipinski definition) is 1. The predicted octanol–water partition coefficient (Wildman–Crippen LogP) is 0.419. The number of carbonyl (C=O) groups is 2. The van der Waals surface area contributed by atoms with Crippen LogP contribution in [0.1, 0.15) is 27.2 Å². The molecule has 0 radical (unpaired) electrons. The summed E-state index contributed by atoms with van der Waals surface area (Å²) in [6.07, 6.45) is 0.870. The lowest BCUT2D eigenvalue weighted by atomic mass is 10.2. The second-order valence-electron chi connectivity index (χ2n) is 5.08. The Kier molecular flexibility index (Phi) is 6.24. The van der Waals surface area contributed by atoms with Gasteiger partial charge in [-0.3, -0.25) is 14.5 Å². The number of carboxylic acid groups (broad SMARTS) is 1. The fraction of sp³-hybridized carbons (Fsp3) is 0.846. The van der Waals surface area contributed by atoms with Crippen molar-refractivity contribution in [3.63, 3.8) is 0 Å². The highest BCUT2D eigenvalue weighted by molar-refractivity contribution is 5.79. The van der Waals surface area contributed by atoms with Crippen LogP contribution < -0.4 is 0 Å². The third kappa shape index (κ3) is 5.16. The first kappa shape index (κ1) is 15.9. The van der Waals surface area contributed by atoms with E-state index < -0.39 is 5.97 Å². The predicted molar refractivity (Wildman–Crippen MR) is 71.0 cm³/mol. The summed E-state index contributed by atoms with van der Waals surface area (Å²) < 4.78 is 5.39. The summed E-state index contributed by atoms with van der Waals surface area (Å²) in [4.78, 5) is 26.5. The first-order valence-corrected chi connectivity index (χ1v) is 6.79. The Morgan fingerprint density at radius 2 is 2.16 bits per heavy atom. The van der Waals surface area contributed by atoms with Crippen LogP contribution in [-0.2, 0) is 14.3 Å². The lowest BCUT2D eigenvalue weighted by molar-refractivity contribution is -0.143. The maximum atomic E-state index is 12.2. The van der Waals surface area contributed by atoms with E-state index in [1.165, 1.54) is 0 Å². The molecule has 1 saturated heterocycles. The van der Waals surface area contributed by atoms with Gasteiger partial charge in [-0.2, -0.15) is 0 Å². The van der Waals surface area contributed by atoms with Gasteiger partial charge in [-0.1, -0.05) is 6.92 Å². The molecule has 0 aromatic heterocycles. The summed E-state index contributed by atoms with van der Waals surface area (Å²) in [7, 11) is 0. The molecule has 6 heteroatoms. The molecule has 0 aliphatic carbocycles. The molecule has 0 aromatic rings. The summed E-state index contributed by atoms with van der Waals surface area (Å²) in [6, 6.07) is 0.0820. The van der Waals surface area contributed by atoms with Gasteiger partial charge in [-0.05, 0) is 20.3 Å². The van der Waals surface area contributed by atoms with Gasteiger partial charge in [0.25, 0.3) is 0 Å². The van der Waals surface area contributed by atoms with Crippen LogP contribution in [-0.4, -0.2) is 71.7 Å². The Morgan fingerprint density at radius 3 is 2.68 bits per heavy atom. The van der Waals surface area contributed by atoms with Crippen molar-refractivity contribution < 1.29 is 19.4 Å². The van der Waals surface area contributed by atoms with E-state index in [0.29, 0.717) is 19.7 Å². The Morgan fingerprint density at radius 1 is 1.47 bits per heavy atom. The molecule has 1 aliphatic rings. The highest BCUT2D eigenvalue weighted by Crippen LogP contribution is 2.08. The van der Waals surface area contributed by atoms with Gasteiger partial charge in [0.05, 0.1) is 25.8 Å². The molecule has 0 spiro atoms. The molecular weight excluding hydrogens is 248 g/mol. The standard InChI is InChI=1S/C13H24N2O4/c1-4-10(2)15(9-13(17)18)8-12(16)14-5-6-19-11(3)7-14/h10-11H,4-9H2,1-3H3,(H,17,18)/t10-,11+/m1/s1. The van der Waals surface area contributed by atoms with Crippen LogP contribution in [0.5, 0.6) is 0 Å². The molecule has 1 N–H and O–H groups in total. The van der Waals surface area contributed by atoms with Crippen molar-refractivity contribution in [3.05, 3.63) is 0 Å². The lowest BCUT2D eigenvalue weighted by Gasteiger charge is -2.34. The number of rotatable bonds is 6. The smallest absolute Gasteiger partial charge is 0.317 e. The molecule has 6 nitrogen and oxygen atoms in total. The van der Waals surface area contributed by atoms with Crippen LogP contribution in [0.4, 0.5) is 0 Å². The van der Waals surface area contributed by atoms with Gasteiger partial charge in [-0.15, -0.1) is 0 Å². The maximum absolute atomic E-state index is 12.2. The molecule has 0 saturated carbocycles. The fourth-order valence-corrected chi connectivity index (χ4v) is 2.12. The van der Waals surface area contributed by atoms with E-state index in [-0.39, 0.29) is 31.1 Å². The van der Waals surface area contributed by atoms with Crippen molar-refractivity contribution in [2.24, 2.45) is 0 Å². The molecule has 2 atom stereocenters. The molecule has 110 valence electrons. The molecule has 1 heterocycles. The average molecular weight is 272 g/mol. The third-order valence-electron chi connectivity index (χ3n) is 3.48. The molecule has 1 rings (SSSR count). The zero-order chi connectivity index (χ0) is 14.4. The second-order valence-corrected chi connectivity index (χ2v) is 5.08. The zero-order valence-corrected chi connectivity index (χ0v) is 12.0. The lowest BCUT2D eigenvalue weighted by Crippen LogP contribution is -2.50. The summed E-state index contributed by atoms with van der Waals surface area (Å²) >= 11 is 0. The quantitative estimate of drug-likeness (QED) is 0.759. The van der Waals surface area contributed by atoms with E-state index >= 15 is 0 Å². The zero-order valence-electron chi connectivity index (χ0n) is 12.0. The number of ether oxygens (including phenoxy) is 1. The van der Waals surface area contributed by atoms with Gasteiger partial charge in [0.2, 0.25) is 5.91 Å². The monoisotopic (exact) mass is 272 g/mol. The number of morpholine rings is 1. The van der Waals surface area contributed by atoms with Gasteiger partial charge in [-0.25, -0.2) is 0 Å². The van der Waals surface area contributed by atoms with Crippen LogP contribution in [0.2, 0.25) is 0 Å². The van der Waals surface area contributed by atoms with Crippen molar-refractivity contribution >= 4 is 11.9 Å². The van der Waals surface area contributed by atoms with E-state index in [2.05, 4.69) is 0 Å². The summed E-state index contributed by atoms with van der Waals surface area (Å²) in [5.41, 5.74) is 0. The van der Waals surface area contributed by atoms with E-state index in [1.807, 2.05) is 20.8 Å². The fourth-order valence-electron chi connectivity index (χ4n) is 2.12. The number of amides is 1. The minimum atomic E-state index is -0.900. The summed E-state index contributed by atoms with van der Waals surface area (Å²) in [6.45, 7) is 7.65. The number of hydrogen-bond acceptors (Lipinski definition) is 4. The third-order valence-corrected chi connectivity index (χ3v) is 3.48. The average Bonchev–Trinajstić information content (AvgIpc) is 2.36. The minimum absolute atomic E-state index is 0.0169. The number of carbonyl (C=O) groups excluding carboxylic acids is 1. The van der Waals surface area contributed by atoms with Gasteiger partial charge in [0.15, 0.2) is 0 Å². The van der Waals surface area contributed by atoms with Crippen molar-refractivity contribution in [3.8, 4) is 0 Å². The molecule has 1 aliphatic heterocycles. The SMILES string of the molecule is CC[C@@H](C)N(CC(=O)O)CC(=O)N1CCO[C@@H](C)C1. The Labute approximate surface area is 114 Å². The highest BCUT2D eigenvalue weighted by atomic mass is 16.5. The van der Waals surface area contributed by atoms with E-state index in [9.17, 15) is 9.59 Å². The largest absolute Gasteiger partial charge is 0.480 e. The molecule has 19 heavy (non-hydrogen) atoms. The van der Waals surface area contributed by atoms with Crippen molar-refractivity contribution in [1.29, 1.82) is 0 Å². The van der Waals surface area contributed by atoms with Crippen LogP contribution in [0, 0.1) is 0 Å². The van der Waals surface area contributed by atoms with Gasteiger partial charge in [0.1, 0.15) is 0 Å². The van der Waals surface area contributed by atoms with Gasteiger partial charge < -0.3 is 14.7 Å². The summed E-state index contributed by atoms with van der Waals surface area (Å²) in [5.74, 6) is -0.917. The van der Waals surface area contributed by atoms with E-state index in [0.717, 1.165) is 6.42 Å². The maximum Gasteiger partial charge on any atom is 0.317 e. The number of carboxylic acids is 1. The first-order chi connectivity index (χ1) is 8.93. The van der Waals surface area contributed by atoms with Crippen LogP contribution in [0.15, 0.2) is 0 Å². The summed E-state index contributed by atoms with van der Waals surface area (Å²) in [5, 5.41) is 8.91. The van der Waals surface area contributed by atoms with Crippen molar-refractivity contribution in [2.45, 2.75) is 39.3 Å². The Balaban J connectivity index is 2.56. The molecule has 1 amide bonds. The van der Waals surface area contributed by atoms with E-state index in [4.69, 9.17) is 9.84 Å². The van der Waals surface area contributed by atoms with Gasteiger partial charge in [0, 0.05) is 19.1 Å². The molecule has 1 fully saturated rings. The van der Waals surface area contributed by atoms with Crippen molar-refractivity contribution in [2.75, 3.05) is 32.8 Å². The highest BCUT2D eigenvalue weighted by Gasteiger charge is 2.25. The molecule has 0 bridgehead atoms. The minimum Gasteiger partial charge on any atom is -0.480 e. The first-order valence-electron chi connectivity index (χ1n) is 6.79. The van der Waals surface area contributed by atoms with Crippen molar-refractivity contribution in [1.82, 2.24) is 9.80 Å². The second kappa shape index (κ2) is 7.45. The Bertz CT molecular complexity index is 322. The topological polar surface area (TPSA) is 70.1 Å². The molecule has 0 unspecified atom stereocenters. The normalized spacial score (nSPS) is 21.5.